The highest BCUT2D eigenvalue weighted by Gasteiger charge is 2.32. The van der Waals surface area contributed by atoms with Crippen LogP contribution in [-0.4, -0.2) is 33.1 Å². The molecule has 0 aliphatic carbocycles. The number of sulfonamides is 1. The first kappa shape index (κ1) is 14.2. The Labute approximate surface area is 127 Å². The summed E-state index contributed by atoms with van der Waals surface area (Å²) < 4.78 is 41.8. The fraction of sp³-hybridized carbons (Fsp3) is 0.308. The normalized spacial score (nSPS) is 15.0. The Bertz CT molecular complexity index is 742. The summed E-state index contributed by atoms with van der Waals surface area (Å²) in [6.07, 6.45) is 0.619. The van der Waals surface area contributed by atoms with E-state index in [0.717, 1.165) is 11.5 Å². The molecule has 0 amide bonds. The number of fused-ring (bicyclic) bond motifs is 1. The summed E-state index contributed by atoms with van der Waals surface area (Å²) in [6, 6.07) is 7.12. The van der Waals surface area contributed by atoms with E-state index in [0.29, 0.717) is 31.0 Å². The number of aromatic nitrogens is 1. The maximum Gasteiger partial charge on any atom is 0.270 e. The number of nitrogens with zero attached hydrogens (tertiary/aromatic N) is 2. The molecule has 0 radical (unpaired) electrons. The molecule has 21 heavy (non-hydrogen) atoms. The van der Waals surface area contributed by atoms with Crippen molar-refractivity contribution < 1.29 is 17.9 Å². The predicted octanol–water partition coefficient (Wildman–Crippen LogP) is 2.13. The summed E-state index contributed by atoms with van der Waals surface area (Å²) in [5.74, 6) is 0.698. The van der Waals surface area contributed by atoms with Gasteiger partial charge in [0.15, 0.2) is 4.90 Å². The van der Waals surface area contributed by atoms with Crippen molar-refractivity contribution >= 4 is 27.2 Å². The van der Waals surface area contributed by atoms with Gasteiger partial charge in [-0.15, -0.1) is 0 Å². The SMILES string of the molecule is COc1nscc1S(=O)(=O)N1CCCOc2ccccc21. The van der Waals surface area contributed by atoms with Gasteiger partial charge in [-0.05, 0) is 23.7 Å². The van der Waals surface area contributed by atoms with Crippen LogP contribution in [0.4, 0.5) is 5.69 Å². The van der Waals surface area contributed by atoms with Crippen molar-refractivity contribution in [2.24, 2.45) is 0 Å². The largest absolute Gasteiger partial charge is 0.491 e. The molecule has 1 aromatic heterocycles. The number of benzene rings is 1. The van der Waals surface area contributed by atoms with Gasteiger partial charge in [0.25, 0.3) is 10.0 Å². The van der Waals surface area contributed by atoms with Crippen molar-refractivity contribution in [3.05, 3.63) is 29.6 Å². The monoisotopic (exact) mass is 326 g/mol. The van der Waals surface area contributed by atoms with Crippen molar-refractivity contribution in [3.8, 4) is 11.6 Å². The quantitative estimate of drug-likeness (QED) is 0.864. The number of anilines is 1. The Morgan fingerprint density at radius 3 is 3.00 bits per heavy atom. The van der Waals surface area contributed by atoms with Gasteiger partial charge >= 0.3 is 0 Å². The Morgan fingerprint density at radius 1 is 1.38 bits per heavy atom. The van der Waals surface area contributed by atoms with Gasteiger partial charge in [0.05, 0.1) is 19.4 Å². The molecule has 8 heteroatoms. The van der Waals surface area contributed by atoms with Crippen LogP contribution in [-0.2, 0) is 10.0 Å². The van der Waals surface area contributed by atoms with Crippen molar-refractivity contribution in [2.45, 2.75) is 11.3 Å². The summed E-state index contributed by atoms with van der Waals surface area (Å²) >= 11 is 1.06. The van der Waals surface area contributed by atoms with Crippen molar-refractivity contribution in [1.82, 2.24) is 4.37 Å². The summed E-state index contributed by atoms with van der Waals surface area (Å²) in [6.45, 7) is 0.848. The van der Waals surface area contributed by atoms with Crippen LogP contribution in [0.1, 0.15) is 6.42 Å². The molecule has 6 nitrogen and oxygen atoms in total. The summed E-state index contributed by atoms with van der Waals surface area (Å²) in [7, 11) is -2.31. The highest BCUT2D eigenvalue weighted by atomic mass is 32.2. The molecule has 0 saturated heterocycles. The molecule has 0 unspecified atom stereocenters. The lowest BCUT2D eigenvalue weighted by molar-refractivity contribution is 0.322. The highest BCUT2D eigenvalue weighted by molar-refractivity contribution is 7.93. The minimum Gasteiger partial charge on any atom is -0.491 e. The molecule has 0 saturated carbocycles. The van der Waals surface area contributed by atoms with Gasteiger partial charge in [0.1, 0.15) is 5.75 Å². The van der Waals surface area contributed by atoms with E-state index in [-0.39, 0.29) is 10.8 Å². The molecule has 0 N–H and O–H groups in total. The molecule has 2 heterocycles. The average Bonchev–Trinajstić information content (AvgIpc) is 2.87. The average molecular weight is 326 g/mol. The molecule has 1 aromatic carbocycles. The van der Waals surface area contributed by atoms with E-state index in [9.17, 15) is 8.42 Å². The zero-order valence-corrected chi connectivity index (χ0v) is 13.0. The summed E-state index contributed by atoms with van der Waals surface area (Å²) in [5.41, 5.74) is 0.545. The van der Waals surface area contributed by atoms with Crippen molar-refractivity contribution in [1.29, 1.82) is 0 Å². The lowest BCUT2D eigenvalue weighted by Gasteiger charge is -2.22. The summed E-state index contributed by atoms with van der Waals surface area (Å²) in [5, 5.41) is 1.49. The van der Waals surface area contributed by atoms with Crippen molar-refractivity contribution in [3.63, 3.8) is 0 Å². The Hall–Kier alpha value is -1.80. The third-order valence-corrected chi connectivity index (χ3v) is 5.73. The second-order valence-electron chi connectivity index (χ2n) is 4.43. The van der Waals surface area contributed by atoms with E-state index < -0.39 is 10.0 Å². The minimum absolute atomic E-state index is 0.0895. The van der Waals surface area contributed by atoms with Gasteiger partial charge in [-0.25, -0.2) is 8.42 Å². The predicted molar refractivity (Wildman–Crippen MR) is 79.8 cm³/mol. The van der Waals surface area contributed by atoms with Gasteiger partial charge < -0.3 is 9.47 Å². The molecular weight excluding hydrogens is 312 g/mol. The standard InChI is InChI=1S/C13H14N2O4S2/c1-18-13-12(9-20-14-13)21(16,17)15-7-4-8-19-11-6-3-2-5-10(11)15/h2-3,5-6,9H,4,7-8H2,1H3. The van der Waals surface area contributed by atoms with E-state index in [1.54, 1.807) is 18.2 Å². The molecule has 0 fully saturated rings. The first-order valence-electron chi connectivity index (χ1n) is 6.37. The van der Waals surface area contributed by atoms with Crippen LogP contribution in [0, 0.1) is 0 Å². The molecule has 0 spiro atoms. The van der Waals surface area contributed by atoms with Crippen LogP contribution in [0.3, 0.4) is 0 Å². The van der Waals surface area contributed by atoms with Gasteiger partial charge in [-0.3, -0.25) is 4.31 Å². The molecule has 0 atom stereocenters. The van der Waals surface area contributed by atoms with Crippen LogP contribution in [0.5, 0.6) is 11.6 Å². The zero-order chi connectivity index (χ0) is 14.9. The molecule has 1 aliphatic rings. The number of hydrogen-bond acceptors (Lipinski definition) is 6. The molecule has 112 valence electrons. The lowest BCUT2D eigenvalue weighted by Crippen LogP contribution is -2.31. The number of methoxy groups -OCH3 is 1. The first-order valence-corrected chi connectivity index (χ1v) is 8.65. The molecule has 0 bridgehead atoms. The van der Waals surface area contributed by atoms with Crippen LogP contribution >= 0.6 is 11.5 Å². The van der Waals surface area contributed by atoms with E-state index in [4.69, 9.17) is 9.47 Å². The number of hydrogen-bond donors (Lipinski definition) is 0. The smallest absolute Gasteiger partial charge is 0.270 e. The maximum absolute atomic E-state index is 12.9. The Kier molecular flexibility index (Phi) is 3.73. The Balaban J connectivity index is 2.11. The highest BCUT2D eigenvalue weighted by Crippen LogP contribution is 2.36. The van der Waals surface area contributed by atoms with E-state index in [1.165, 1.54) is 16.8 Å². The molecule has 2 aromatic rings. The zero-order valence-electron chi connectivity index (χ0n) is 11.4. The summed E-state index contributed by atoms with van der Waals surface area (Å²) in [4.78, 5) is 0.0895. The second kappa shape index (κ2) is 5.53. The molecule has 3 rings (SSSR count). The number of para-hydroxylation sites is 2. The third-order valence-electron chi connectivity index (χ3n) is 3.16. The van der Waals surface area contributed by atoms with Gasteiger partial charge in [0, 0.05) is 18.3 Å². The molecule has 1 aliphatic heterocycles. The first-order chi connectivity index (χ1) is 10.1. The van der Waals surface area contributed by atoms with Gasteiger partial charge in [0.2, 0.25) is 5.88 Å². The van der Waals surface area contributed by atoms with Crippen LogP contribution in [0.15, 0.2) is 34.5 Å². The van der Waals surface area contributed by atoms with E-state index >= 15 is 0 Å². The van der Waals surface area contributed by atoms with Crippen molar-refractivity contribution in [2.75, 3.05) is 24.6 Å². The van der Waals surface area contributed by atoms with Gasteiger partial charge in [-0.2, -0.15) is 4.37 Å². The topological polar surface area (TPSA) is 68.7 Å². The van der Waals surface area contributed by atoms with Gasteiger partial charge in [-0.1, -0.05) is 12.1 Å². The number of ether oxygens (including phenoxy) is 2. The minimum atomic E-state index is -3.72. The number of rotatable bonds is 3. The third kappa shape index (κ3) is 2.44. The molecular formula is C13H14N2O4S2. The van der Waals surface area contributed by atoms with Crippen LogP contribution < -0.4 is 13.8 Å². The fourth-order valence-corrected chi connectivity index (χ4v) is 4.75. The van der Waals surface area contributed by atoms with Crippen LogP contribution in [0.25, 0.3) is 0 Å². The lowest BCUT2D eigenvalue weighted by atomic mass is 10.3. The fourth-order valence-electron chi connectivity index (χ4n) is 2.19. The van der Waals surface area contributed by atoms with E-state index in [1.807, 2.05) is 6.07 Å². The second-order valence-corrected chi connectivity index (χ2v) is 6.89. The Morgan fingerprint density at radius 2 is 2.19 bits per heavy atom. The van der Waals surface area contributed by atoms with E-state index in [2.05, 4.69) is 4.37 Å². The van der Waals surface area contributed by atoms with Crippen LogP contribution in [0.2, 0.25) is 0 Å². The maximum atomic E-state index is 12.9.